The smallest absolute Gasteiger partial charge is 0.422 e. The number of carbonyl (C=O) groups excluding carboxylic acids is 1. The summed E-state index contributed by atoms with van der Waals surface area (Å²) in [5, 5.41) is 2.37. The van der Waals surface area contributed by atoms with E-state index in [1.165, 1.54) is 0 Å². The van der Waals surface area contributed by atoms with E-state index in [1.807, 2.05) is 0 Å². The monoisotopic (exact) mass is 323 g/mol. The molecule has 0 bridgehead atoms. The van der Waals surface area contributed by atoms with Gasteiger partial charge >= 0.3 is 6.18 Å². The summed E-state index contributed by atoms with van der Waals surface area (Å²) in [6.07, 6.45) is -4.57. The van der Waals surface area contributed by atoms with Gasteiger partial charge in [0.05, 0.1) is 24.8 Å². The molecule has 0 radical (unpaired) electrons. The molecule has 1 aromatic rings. The number of hydrogen-bond donors (Lipinski definition) is 1. The quantitative estimate of drug-likeness (QED) is 0.781. The second-order valence-electron chi connectivity index (χ2n) is 4.76. The molecule has 1 aromatic carbocycles. The van der Waals surface area contributed by atoms with E-state index in [0.29, 0.717) is 0 Å². The minimum absolute atomic E-state index is 0.0221. The van der Waals surface area contributed by atoms with E-state index >= 15 is 0 Å². The highest BCUT2D eigenvalue weighted by atomic mass is 19.4. The number of anilines is 1. The van der Waals surface area contributed by atoms with Gasteiger partial charge in [0, 0.05) is 6.07 Å². The number of ether oxygens (including phenoxy) is 2. The first-order valence-electron chi connectivity index (χ1n) is 6.58. The lowest BCUT2D eigenvalue weighted by atomic mass is 10.2. The van der Waals surface area contributed by atoms with E-state index in [0.717, 1.165) is 18.2 Å². The number of alkyl halides is 3. The maximum atomic E-state index is 13.1. The van der Waals surface area contributed by atoms with Crippen LogP contribution in [-0.2, 0) is 9.53 Å². The third-order valence-corrected chi connectivity index (χ3v) is 2.39. The fourth-order valence-corrected chi connectivity index (χ4v) is 1.48. The molecule has 0 unspecified atom stereocenters. The third-order valence-electron chi connectivity index (χ3n) is 2.39. The number of amides is 1. The van der Waals surface area contributed by atoms with Gasteiger partial charge in [-0.05, 0) is 26.0 Å². The highest BCUT2D eigenvalue weighted by molar-refractivity contribution is 5.92. The Morgan fingerprint density at radius 3 is 2.59 bits per heavy atom. The van der Waals surface area contributed by atoms with Crippen molar-refractivity contribution in [1.82, 2.24) is 0 Å². The highest BCUT2D eigenvalue weighted by Crippen LogP contribution is 2.27. The predicted molar refractivity (Wildman–Crippen MR) is 72.3 cm³/mol. The molecule has 1 N–H and O–H groups in total. The fourth-order valence-electron chi connectivity index (χ4n) is 1.48. The minimum atomic E-state index is -4.56. The van der Waals surface area contributed by atoms with Crippen LogP contribution in [0.4, 0.5) is 23.2 Å². The summed E-state index contributed by atoms with van der Waals surface area (Å²) in [4.78, 5) is 11.7. The lowest BCUT2D eigenvalue weighted by molar-refractivity contribution is -0.153. The molecule has 8 heteroatoms. The van der Waals surface area contributed by atoms with Crippen LogP contribution in [0.3, 0.4) is 0 Å². The van der Waals surface area contributed by atoms with Gasteiger partial charge in [-0.2, -0.15) is 13.2 Å². The molecule has 124 valence electrons. The van der Waals surface area contributed by atoms with Crippen molar-refractivity contribution in [2.24, 2.45) is 0 Å². The van der Waals surface area contributed by atoms with Crippen molar-refractivity contribution in [2.75, 3.05) is 18.5 Å². The molecule has 0 fully saturated rings. The first-order chi connectivity index (χ1) is 10.2. The summed E-state index contributed by atoms with van der Waals surface area (Å²) in [5.74, 6) is -1.61. The topological polar surface area (TPSA) is 47.6 Å². The Morgan fingerprint density at radius 1 is 1.32 bits per heavy atom. The van der Waals surface area contributed by atoms with Crippen LogP contribution < -0.4 is 10.1 Å². The SMILES string of the molecule is CC(C)OCCC(=O)Nc1ccc(F)cc1OCC(F)(F)F. The highest BCUT2D eigenvalue weighted by Gasteiger charge is 2.29. The Morgan fingerprint density at radius 2 is 2.00 bits per heavy atom. The normalized spacial score (nSPS) is 11.6. The largest absolute Gasteiger partial charge is 0.482 e. The number of rotatable bonds is 7. The van der Waals surface area contributed by atoms with Crippen molar-refractivity contribution in [3.63, 3.8) is 0 Å². The van der Waals surface area contributed by atoms with Gasteiger partial charge < -0.3 is 14.8 Å². The molecular formula is C14H17F4NO3. The summed E-state index contributed by atoms with van der Waals surface area (Å²) in [5.41, 5.74) is -0.0276. The van der Waals surface area contributed by atoms with Gasteiger partial charge in [0.25, 0.3) is 0 Å². The molecule has 0 atom stereocenters. The molecule has 0 aromatic heterocycles. The van der Waals surface area contributed by atoms with Crippen molar-refractivity contribution in [3.8, 4) is 5.75 Å². The molecule has 22 heavy (non-hydrogen) atoms. The van der Waals surface area contributed by atoms with E-state index in [1.54, 1.807) is 13.8 Å². The van der Waals surface area contributed by atoms with Gasteiger partial charge in [0.1, 0.15) is 11.6 Å². The van der Waals surface area contributed by atoms with E-state index in [-0.39, 0.29) is 30.6 Å². The standard InChI is InChI=1S/C14H17F4NO3/c1-9(2)21-6-5-13(20)19-11-4-3-10(15)7-12(11)22-8-14(16,17)18/h3-4,7,9H,5-6,8H2,1-2H3,(H,19,20). The van der Waals surface area contributed by atoms with Gasteiger partial charge in [-0.25, -0.2) is 4.39 Å². The summed E-state index contributed by atoms with van der Waals surface area (Å²) < 4.78 is 59.3. The number of nitrogens with one attached hydrogen (secondary N) is 1. The number of hydrogen-bond acceptors (Lipinski definition) is 3. The Kier molecular flexibility index (Phi) is 6.61. The van der Waals surface area contributed by atoms with Crippen molar-refractivity contribution < 1.29 is 31.8 Å². The second-order valence-corrected chi connectivity index (χ2v) is 4.76. The second kappa shape index (κ2) is 7.98. The Labute approximate surface area is 125 Å². The minimum Gasteiger partial charge on any atom is -0.482 e. The Balaban J connectivity index is 2.67. The van der Waals surface area contributed by atoms with Crippen LogP contribution in [0.1, 0.15) is 20.3 Å². The third kappa shape index (κ3) is 7.26. The molecular weight excluding hydrogens is 306 g/mol. The summed E-state index contributed by atoms with van der Waals surface area (Å²) in [7, 11) is 0. The molecule has 0 aliphatic rings. The number of halogens is 4. The van der Waals surface area contributed by atoms with Crippen LogP contribution in [0, 0.1) is 5.82 Å². The molecule has 0 saturated heterocycles. The van der Waals surface area contributed by atoms with Gasteiger partial charge in [0.2, 0.25) is 5.91 Å². The molecule has 4 nitrogen and oxygen atoms in total. The van der Waals surface area contributed by atoms with Crippen LogP contribution in [0.5, 0.6) is 5.75 Å². The van der Waals surface area contributed by atoms with E-state index in [4.69, 9.17) is 4.74 Å². The predicted octanol–water partition coefficient (Wildman–Crippen LogP) is 3.52. The molecule has 0 aliphatic heterocycles. The van der Waals surface area contributed by atoms with Gasteiger partial charge in [0.15, 0.2) is 6.61 Å². The molecule has 1 amide bonds. The van der Waals surface area contributed by atoms with Crippen molar-refractivity contribution in [1.29, 1.82) is 0 Å². The van der Waals surface area contributed by atoms with Gasteiger partial charge in [-0.1, -0.05) is 0 Å². The van der Waals surface area contributed by atoms with E-state index in [2.05, 4.69) is 10.1 Å². The average molecular weight is 323 g/mol. The van der Waals surface area contributed by atoms with Crippen molar-refractivity contribution >= 4 is 11.6 Å². The molecule has 0 saturated carbocycles. The zero-order valence-electron chi connectivity index (χ0n) is 12.2. The molecule has 0 heterocycles. The zero-order chi connectivity index (χ0) is 16.8. The van der Waals surface area contributed by atoms with Crippen LogP contribution in [0.2, 0.25) is 0 Å². The van der Waals surface area contributed by atoms with Gasteiger partial charge in [-0.3, -0.25) is 4.79 Å². The maximum absolute atomic E-state index is 13.1. The fraction of sp³-hybridized carbons (Fsp3) is 0.500. The van der Waals surface area contributed by atoms with Crippen LogP contribution in [-0.4, -0.2) is 31.4 Å². The van der Waals surface area contributed by atoms with Crippen LogP contribution in [0.25, 0.3) is 0 Å². The van der Waals surface area contributed by atoms with Gasteiger partial charge in [-0.15, -0.1) is 0 Å². The first-order valence-corrected chi connectivity index (χ1v) is 6.58. The van der Waals surface area contributed by atoms with Crippen LogP contribution >= 0.6 is 0 Å². The summed E-state index contributed by atoms with van der Waals surface area (Å²) in [6.45, 7) is 2.21. The summed E-state index contributed by atoms with van der Waals surface area (Å²) >= 11 is 0. The van der Waals surface area contributed by atoms with E-state index < -0.39 is 24.5 Å². The number of carbonyl (C=O) groups is 1. The van der Waals surface area contributed by atoms with Crippen molar-refractivity contribution in [3.05, 3.63) is 24.0 Å². The van der Waals surface area contributed by atoms with Crippen molar-refractivity contribution in [2.45, 2.75) is 32.5 Å². The average Bonchev–Trinajstić information content (AvgIpc) is 2.37. The lowest BCUT2D eigenvalue weighted by Gasteiger charge is -2.14. The molecule has 0 spiro atoms. The summed E-state index contributed by atoms with van der Waals surface area (Å²) in [6, 6.07) is 2.94. The van der Waals surface area contributed by atoms with Crippen LogP contribution in [0.15, 0.2) is 18.2 Å². The zero-order valence-corrected chi connectivity index (χ0v) is 12.2. The first kappa shape index (κ1) is 18.2. The maximum Gasteiger partial charge on any atom is 0.422 e. The lowest BCUT2D eigenvalue weighted by Crippen LogP contribution is -2.21. The Bertz CT molecular complexity index is 503. The van der Waals surface area contributed by atoms with E-state index in [9.17, 15) is 22.4 Å². The number of benzene rings is 1. The molecule has 1 rings (SSSR count). The Hall–Kier alpha value is -1.83. The molecule has 0 aliphatic carbocycles.